The standard InChI is InChI=1S/C13H16N2O2S/c16-7-11(8-17)14-6-13-15-12(9-18-13)10-4-2-1-3-5-10/h1-5,9,11,14,16-17H,6-8H2. The molecule has 0 spiro atoms. The van der Waals surface area contributed by atoms with Gasteiger partial charge < -0.3 is 15.5 Å². The van der Waals surface area contributed by atoms with Crippen molar-refractivity contribution in [3.8, 4) is 11.3 Å². The average Bonchev–Trinajstić information content (AvgIpc) is 2.90. The first kappa shape index (κ1) is 13.2. The van der Waals surface area contributed by atoms with Crippen LogP contribution in [0.25, 0.3) is 11.3 Å². The maximum Gasteiger partial charge on any atom is 0.107 e. The van der Waals surface area contributed by atoms with Gasteiger partial charge in [0.2, 0.25) is 0 Å². The third kappa shape index (κ3) is 3.36. The number of aliphatic hydroxyl groups is 2. The van der Waals surface area contributed by atoms with Gasteiger partial charge in [0.25, 0.3) is 0 Å². The van der Waals surface area contributed by atoms with E-state index in [-0.39, 0.29) is 19.3 Å². The third-order valence-electron chi connectivity index (χ3n) is 2.60. The number of hydrogen-bond acceptors (Lipinski definition) is 5. The Bertz CT molecular complexity index is 469. The van der Waals surface area contributed by atoms with Gasteiger partial charge in [-0.05, 0) is 0 Å². The summed E-state index contributed by atoms with van der Waals surface area (Å²) in [4.78, 5) is 4.51. The fourth-order valence-electron chi connectivity index (χ4n) is 1.55. The summed E-state index contributed by atoms with van der Waals surface area (Å²) in [6.07, 6.45) is 0. The van der Waals surface area contributed by atoms with E-state index >= 15 is 0 Å². The Balaban J connectivity index is 1.98. The lowest BCUT2D eigenvalue weighted by Gasteiger charge is -2.11. The number of aliphatic hydroxyl groups excluding tert-OH is 2. The topological polar surface area (TPSA) is 65.4 Å². The van der Waals surface area contributed by atoms with Crippen molar-refractivity contribution in [1.82, 2.24) is 10.3 Å². The molecular weight excluding hydrogens is 248 g/mol. The van der Waals surface area contributed by atoms with Crippen molar-refractivity contribution in [3.63, 3.8) is 0 Å². The molecule has 5 heteroatoms. The van der Waals surface area contributed by atoms with Gasteiger partial charge in [-0.3, -0.25) is 0 Å². The van der Waals surface area contributed by atoms with Crippen LogP contribution in [-0.2, 0) is 6.54 Å². The number of rotatable bonds is 6. The summed E-state index contributed by atoms with van der Waals surface area (Å²) in [5.41, 5.74) is 2.06. The minimum absolute atomic E-state index is 0.0760. The maximum atomic E-state index is 8.95. The van der Waals surface area contributed by atoms with Gasteiger partial charge in [0.15, 0.2) is 0 Å². The molecule has 0 aliphatic heterocycles. The van der Waals surface area contributed by atoms with E-state index in [0.717, 1.165) is 16.3 Å². The number of aromatic nitrogens is 1. The summed E-state index contributed by atoms with van der Waals surface area (Å²) >= 11 is 1.57. The third-order valence-corrected chi connectivity index (χ3v) is 3.45. The molecule has 1 aromatic heterocycles. The van der Waals surface area contributed by atoms with Gasteiger partial charge in [0, 0.05) is 17.5 Å². The molecule has 1 heterocycles. The maximum absolute atomic E-state index is 8.95. The van der Waals surface area contributed by atoms with Gasteiger partial charge >= 0.3 is 0 Å². The quantitative estimate of drug-likeness (QED) is 0.735. The summed E-state index contributed by atoms with van der Waals surface area (Å²) in [7, 11) is 0. The minimum Gasteiger partial charge on any atom is -0.395 e. The molecule has 0 radical (unpaired) electrons. The lowest BCUT2D eigenvalue weighted by Crippen LogP contribution is -2.35. The first-order chi connectivity index (χ1) is 8.83. The van der Waals surface area contributed by atoms with Crippen molar-refractivity contribution >= 4 is 11.3 Å². The molecule has 0 fully saturated rings. The molecule has 0 aliphatic carbocycles. The Hall–Kier alpha value is -1.27. The van der Waals surface area contributed by atoms with Crippen LogP contribution in [0.5, 0.6) is 0 Å². The van der Waals surface area contributed by atoms with Crippen molar-refractivity contribution < 1.29 is 10.2 Å². The molecule has 0 bridgehead atoms. The van der Waals surface area contributed by atoms with Crippen molar-refractivity contribution in [2.24, 2.45) is 0 Å². The van der Waals surface area contributed by atoms with E-state index in [1.54, 1.807) is 11.3 Å². The average molecular weight is 264 g/mol. The number of hydrogen-bond donors (Lipinski definition) is 3. The summed E-state index contributed by atoms with van der Waals surface area (Å²) in [6, 6.07) is 9.72. The Labute approximate surface area is 110 Å². The molecule has 0 atom stereocenters. The molecule has 0 aliphatic rings. The molecule has 3 N–H and O–H groups in total. The van der Waals surface area contributed by atoms with Crippen LogP contribution in [-0.4, -0.2) is 34.5 Å². The Morgan fingerprint density at radius 1 is 1.17 bits per heavy atom. The van der Waals surface area contributed by atoms with Gasteiger partial charge in [0.1, 0.15) is 5.01 Å². The largest absolute Gasteiger partial charge is 0.395 e. The van der Waals surface area contributed by atoms with Crippen LogP contribution in [0.4, 0.5) is 0 Å². The van der Waals surface area contributed by atoms with E-state index < -0.39 is 0 Å². The molecule has 96 valence electrons. The second-order valence-electron chi connectivity index (χ2n) is 3.94. The highest BCUT2D eigenvalue weighted by Crippen LogP contribution is 2.21. The smallest absolute Gasteiger partial charge is 0.107 e. The fraction of sp³-hybridized carbons (Fsp3) is 0.308. The number of nitrogens with zero attached hydrogens (tertiary/aromatic N) is 1. The molecule has 2 rings (SSSR count). The first-order valence-electron chi connectivity index (χ1n) is 5.78. The monoisotopic (exact) mass is 264 g/mol. The van der Waals surface area contributed by atoms with E-state index in [9.17, 15) is 0 Å². The highest BCUT2D eigenvalue weighted by atomic mass is 32.1. The van der Waals surface area contributed by atoms with Crippen LogP contribution in [0, 0.1) is 0 Å². The second kappa shape index (κ2) is 6.61. The van der Waals surface area contributed by atoms with Crippen molar-refractivity contribution in [2.45, 2.75) is 12.6 Å². The van der Waals surface area contributed by atoms with Gasteiger partial charge in [-0.25, -0.2) is 4.98 Å². The van der Waals surface area contributed by atoms with Crippen LogP contribution in [0.1, 0.15) is 5.01 Å². The normalized spacial score (nSPS) is 11.1. The van der Waals surface area contributed by atoms with E-state index in [4.69, 9.17) is 10.2 Å². The van der Waals surface area contributed by atoms with E-state index in [2.05, 4.69) is 10.3 Å². The van der Waals surface area contributed by atoms with Crippen LogP contribution >= 0.6 is 11.3 Å². The lowest BCUT2D eigenvalue weighted by molar-refractivity contribution is 0.170. The molecular formula is C13H16N2O2S. The zero-order valence-corrected chi connectivity index (χ0v) is 10.7. The van der Waals surface area contributed by atoms with Crippen LogP contribution in [0.2, 0.25) is 0 Å². The molecule has 1 aromatic carbocycles. The van der Waals surface area contributed by atoms with E-state index in [0.29, 0.717) is 6.54 Å². The highest BCUT2D eigenvalue weighted by Gasteiger charge is 2.07. The molecule has 2 aromatic rings. The summed E-state index contributed by atoms with van der Waals surface area (Å²) in [5, 5.41) is 23.9. The van der Waals surface area contributed by atoms with Crippen LogP contribution in [0.15, 0.2) is 35.7 Å². The minimum atomic E-state index is -0.283. The number of benzene rings is 1. The lowest BCUT2D eigenvalue weighted by atomic mass is 10.2. The molecule has 0 saturated heterocycles. The van der Waals surface area contributed by atoms with Crippen LogP contribution < -0.4 is 5.32 Å². The van der Waals surface area contributed by atoms with E-state index in [1.807, 2.05) is 35.7 Å². The number of thiazole rings is 1. The molecule has 0 amide bonds. The fourth-order valence-corrected chi connectivity index (χ4v) is 2.31. The molecule has 18 heavy (non-hydrogen) atoms. The molecule has 0 saturated carbocycles. The van der Waals surface area contributed by atoms with E-state index in [1.165, 1.54) is 0 Å². The van der Waals surface area contributed by atoms with Crippen molar-refractivity contribution in [2.75, 3.05) is 13.2 Å². The number of nitrogens with one attached hydrogen (secondary N) is 1. The highest BCUT2D eigenvalue weighted by molar-refractivity contribution is 7.09. The summed E-state index contributed by atoms with van der Waals surface area (Å²) in [6.45, 7) is 0.407. The Kier molecular flexibility index (Phi) is 4.83. The van der Waals surface area contributed by atoms with Gasteiger partial charge in [-0.2, -0.15) is 0 Å². The Morgan fingerprint density at radius 2 is 1.89 bits per heavy atom. The zero-order chi connectivity index (χ0) is 12.8. The SMILES string of the molecule is OCC(CO)NCc1nc(-c2ccccc2)cs1. The predicted molar refractivity (Wildman–Crippen MR) is 72.3 cm³/mol. The zero-order valence-electron chi connectivity index (χ0n) is 9.91. The molecule has 0 unspecified atom stereocenters. The second-order valence-corrected chi connectivity index (χ2v) is 4.88. The van der Waals surface area contributed by atoms with Crippen LogP contribution in [0.3, 0.4) is 0 Å². The van der Waals surface area contributed by atoms with Gasteiger partial charge in [-0.15, -0.1) is 11.3 Å². The summed E-state index contributed by atoms with van der Waals surface area (Å²) < 4.78 is 0. The predicted octanol–water partition coefficient (Wildman–Crippen LogP) is 1.25. The van der Waals surface area contributed by atoms with Crippen molar-refractivity contribution in [1.29, 1.82) is 0 Å². The molecule has 4 nitrogen and oxygen atoms in total. The van der Waals surface area contributed by atoms with Crippen molar-refractivity contribution in [3.05, 3.63) is 40.7 Å². The Morgan fingerprint density at radius 3 is 2.56 bits per heavy atom. The van der Waals surface area contributed by atoms with Gasteiger partial charge in [0.05, 0.1) is 24.9 Å². The summed E-state index contributed by atoms with van der Waals surface area (Å²) in [5.74, 6) is 0. The van der Waals surface area contributed by atoms with Gasteiger partial charge in [-0.1, -0.05) is 30.3 Å². The first-order valence-corrected chi connectivity index (χ1v) is 6.66.